The van der Waals surface area contributed by atoms with Gasteiger partial charge in [-0.15, -0.1) is 0 Å². The van der Waals surface area contributed by atoms with E-state index >= 15 is 0 Å². The fraction of sp³-hybridized carbons (Fsp3) is 0.500. The molecule has 0 fully saturated rings. The first-order valence-electron chi connectivity index (χ1n) is 4.91. The van der Waals surface area contributed by atoms with Crippen molar-refractivity contribution in [2.45, 2.75) is 31.7 Å². The summed E-state index contributed by atoms with van der Waals surface area (Å²) in [4.78, 5) is 6.12. The van der Waals surface area contributed by atoms with E-state index in [4.69, 9.17) is 11.6 Å². The van der Waals surface area contributed by atoms with Gasteiger partial charge in [0, 0.05) is 6.20 Å². The highest BCUT2D eigenvalue weighted by Gasteiger charge is 2.38. The van der Waals surface area contributed by atoms with Crippen LogP contribution in [0.25, 0.3) is 0 Å². The maximum atomic E-state index is 9.32. The van der Waals surface area contributed by atoms with Crippen LogP contribution in [0.3, 0.4) is 0 Å². The molecule has 2 N–H and O–H groups in total. The van der Waals surface area contributed by atoms with Crippen LogP contribution in [0.4, 0.5) is 0 Å². The molecule has 5 heteroatoms. The van der Waals surface area contributed by atoms with Crippen molar-refractivity contribution in [2.24, 2.45) is 4.99 Å². The zero-order valence-electron chi connectivity index (χ0n) is 8.34. The Bertz CT molecular complexity index is 349. The Labute approximate surface area is 93.2 Å². The van der Waals surface area contributed by atoms with Crippen molar-refractivity contribution in [1.29, 1.82) is 0 Å². The summed E-state index contributed by atoms with van der Waals surface area (Å²) in [5.74, 6) is 0.740. The van der Waals surface area contributed by atoms with Crippen LogP contribution in [0.5, 0.6) is 0 Å². The zero-order chi connectivity index (χ0) is 11.0. The third kappa shape index (κ3) is 1.80. The van der Waals surface area contributed by atoms with E-state index in [0.717, 1.165) is 12.3 Å². The van der Waals surface area contributed by atoms with E-state index in [1.54, 1.807) is 23.3 Å². The molecule has 0 spiro atoms. The van der Waals surface area contributed by atoms with Crippen molar-refractivity contribution < 1.29 is 10.2 Å². The number of fused-ring (bicyclic) bond motifs is 1. The fourth-order valence-electron chi connectivity index (χ4n) is 1.94. The number of rotatable bonds is 2. The molecule has 2 aliphatic rings. The molecule has 2 atom stereocenters. The highest BCUT2D eigenvalue weighted by Crippen LogP contribution is 2.27. The van der Waals surface area contributed by atoms with Crippen LogP contribution in [0.15, 0.2) is 28.4 Å². The Balaban J connectivity index is 2.30. The summed E-state index contributed by atoms with van der Waals surface area (Å²) < 4.78 is 0. The molecule has 0 radical (unpaired) electrons. The van der Waals surface area contributed by atoms with Gasteiger partial charge in [-0.05, 0) is 18.6 Å². The van der Waals surface area contributed by atoms with Crippen molar-refractivity contribution in [3.63, 3.8) is 0 Å². The van der Waals surface area contributed by atoms with Gasteiger partial charge in [-0.2, -0.15) is 0 Å². The van der Waals surface area contributed by atoms with Gasteiger partial charge in [0.05, 0.1) is 11.1 Å². The summed E-state index contributed by atoms with van der Waals surface area (Å²) in [6.45, 7) is 1.97. The number of amidine groups is 1. The van der Waals surface area contributed by atoms with Gasteiger partial charge in [0.2, 0.25) is 0 Å². The standard InChI is InChI=1S/C10H13ClN2O2/c1-2-7-9(10(14)15)13-5-6(11)3-4-8(13)12-7/h3-5,7,9-10,14-15H,2H2,1H3. The lowest BCUT2D eigenvalue weighted by Crippen LogP contribution is -2.45. The van der Waals surface area contributed by atoms with Crippen LogP contribution in [-0.2, 0) is 0 Å². The van der Waals surface area contributed by atoms with Gasteiger partial charge in [-0.1, -0.05) is 18.5 Å². The monoisotopic (exact) mass is 228 g/mol. The minimum atomic E-state index is -1.41. The minimum absolute atomic E-state index is 0.0940. The number of allylic oxidation sites excluding steroid dienone is 2. The van der Waals surface area contributed by atoms with Crippen molar-refractivity contribution in [3.8, 4) is 0 Å². The summed E-state index contributed by atoms with van der Waals surface area (Å²) in [6.07, 6.45) is 4.56. The summed E-state index contributed by atoms with van der Waals surface area (Å²) >= 11 is 5.86. The first-order chi connectivity index (χ1) is 7.13. The minimum Gasteiger partial charge on any atom is -0.366 e. The number of aliphatic imine (C=N–C) groups is 1. The number of nitrogens with zero attached hydrogens (tertiary/aromatic N) is 2. The maximum absolute atomic E-state index is 9.32. The molecule has 0 amide bonds. The second kappa shape index (κ2) is 3.96. The predicted octanol–water partition coefficient (Wildman–Crippen LogP) is 0.808. The fourth-order valence-corrected chi connectivity index (χ4v) is 2.11. The topological polar surface area (TPSA) is 56.1 Å². The van der Waals surface area contributed by atoms with Crippen LogP contribution < -0.4 is 0 Å². The molecule has 0 aromatic rings. The van der Waals surface area contributed by atoms with Gasteiger partial charge in [-0.3, -0.25) is 4.99 Å². The van der Waals surface area contributed by atoms with Crippen LogP contribution >= 0.6 is 11.6 Å². The maximum Gasteiger partial charge on any atom is 0.174 e. The molecule has 0 aromatic heterocycles. The van der Waals surface area contributed by atoms with E-state index in [9.17, 15) is 10.2 Å². The molecule has 4 nitrogen and oxygen atoms in total. The average Bonchev–Trinajstić information content (AvgIpc) is 2.55. The van der Waals surface area contributed by atoms with Gasteiger partial charge < -0.3 is 15.1 Å². The van der Waals surface area contributed by atoms with Crippen LogP contribution in [0.2, 0.25) is 0 Å². The van der Waals surface area contributed by atoms with Crippen LogP contribution in [0, 0.1) is 0 Å². The molecular weight excluding hydrogens is 216 g/mol. The Morgan fingerprint density at radius 1 is 1.53 bits per heavy atom. The number of hydrogen-bond acceptors (Lipinski definition) is 4. The van der Waals surface area contributed by atoms with E-state index in [0.29, 0.717) is 5.03 Å². The lowest BCUT2D eigenvalue weighted by atomic mass is 10.1. The molecular formula is C10H13ClN2O2. The molecule has 0 aliphatic carbocycles. The van der Waals surface area contributed by atoms with Crippen molar-refractivity contribution in [1.82, 2.24) is 4.90 Å². The van der Waals surface area contributed by atoms with Gasteiger partial charge in [0.1, 0.15) is 11.9 Å². The van der Waals surface area contributed by atoms with Gasteiger partial charge in [0.25, 0.3) is 0 Å². The smallest absolute Gasteiger partial charge is 0.174 e. The summed E-state index contributed by atoms with van der Waals surface area (Å²) in [5.41, 5.74) is 0. The van der Waals surface area contributed by atoms with Crippen LogP contribution in [-0.4, -0.2) is 39.3 Å². The highest BCUT2D eigenvalue weighted by molar-refractivity contribution is 6.32. The molecule has 0 bridgehead atoms. The summed E-state index contributed by atoms with van der Waals surface area (Å²) in [5, 5.41) is 19.2. The molecule has 2 unspecified atom stereocenters. The average molecular weight is 229 g/mol. The molecule has 2 heterocycles. The van der Waals surface area contributed by atoms with E-state index in [-0.39, 0.29) is 6.04 Å². The highest BCUT2D eigenvalue weighted by atomic mass is 35.5. The summed E-state index contributed by atoms with van der Waals surface area (Å²) in [6, 6.07) is -0.521. The number of aliphatic hydroxyl groups excluding tert-OH is 1. The first-order valence-corrected chi connectivity index (χ1v) is 5.29. The van der Waals surface area contributed by atoms with Gasteiger partial charge >= 0.3 is 0 Å². The Morgan fingerprint density at radius 3 is 2.87 bits per heavy atom. The third-order valence-corrected chi connectivity index (χ3v) is 2.88. The van der Waals surface area contributed by atoms with Crippen LogP contribution in [0.1, 0.15) is 13.3 Å². The van der Waals surface area contributed by atoms with Crippen molar-refractivity contribution in [2.75, 3.05) is 0 Å². The van der Waals surface area contributed by atoms with Gasteiger partial charge in [-0.25, -0.2) is 0 Å². The number of halogens is 1. The van der Waals surface area contributed by atoms with Gasteiger partial charge in [0.15, 0.2) is 6.29 Å². The molecule has 0 aromatic carbocycles. The molecule has 82 valence electrons. The quantitative estimate of drug-likeness (QED) is 0.688. The summed E-state index contributed by atoms with van der Waals surface area (Å²) in [7, 11) is 0. The Morgan fingerprint density at radius 2 is 2.27 bits per heavy atom. The molecule has 0 saturated heterocycles. The molecule has 2 aliphatic heterocycles. The Kier molecular flexibility index (Phi) is 2.82. The number of aliphatic hydroxyl groups is 2. The van der Waals surface area contributed by atoms with Crippen molar-refractivity contribution in [3.05, 3.63) is 23.4 Å². The van der Waals surface area contributed by atoms with Crippen molar-refractivity contribution >= 4 is 17.4 Å². The predicted molar refractivity (Wildman–Crippen MR) is 58.4 cm³/mol. The molecule has 2 rings (SSSR count). The normalized spacial score (nSPS) is 29.3. The SMILES string of the molecule is CCC1N=C2C=CC(Cl)=CN2C1C(O)O. The van der Waals surface area contributed by atoms with E-state index in [2.05, 4.69) is 4.99 Å². The largest absolute Gasteiger partial charge is 0.366 e. The Hall–Kier alpha value is -0.840. The first kappa shape index (κ1) is 10.7. The zero-order valence-corrected chi connectivity index (χ0v) is 9.09. The van der Waals surface area contributed by atoms with E-state index < -0.39 is 12.3 Å². The lowest BCUT2D eigenvalue weighted by molar-refractivity contribution is -0.0827. The second-order valence-corrected chi connectivity index (χ2v) is 4.06. The number of hydrogen-bond donors (Lipinski definition) is 2. The molecule has 15 heavy (non-hydrogen) atoms. The lowest BCUT2D eigenvalue weighted by Gasteiger charge is -2.29. The second-order valence-electron chi connectivity index (χ2n) is 3.62. The van der Waals surface area contributed by atoms with E-state index in [1.165, 1.54) is 0 Å². The third-order valence-electron chi connectivity index (χ3n) is 2.66. The van der Waals surface area contributed by atoms with E-state index in [1.807, 2.05) is 6.92 Å². The molecule has 0 saturated carbocycles.